The molecule has 10 heteroatoms. The first-order valence-corrected chi connectivity index (χ1v) is 16.5. The van der Waals surface area contributed by atoms with Gasteiger partial charge in [-0.05, 0) is 94.0 Å². The van der Waals surface area contributed by atoms with Crippen molar-refractivity contribution in [2.45, 2.75) is 90.6 Å². The Morgan fingerprint density at radius 2 is 1.89 bits per heavy atom. The maximum atomic E-state index is 15.1. The molecule has 1 aliphatic carbocycles. The van der Waals surface area contributed by atoms with Gasteiger partial charge in [0.05, 0.1) is 22.2 Å². The number of hydrogen-bond donors (Lipinski definition) is 4. The van der Waals surface area contributed by atoms with Crippen LogP contribution in [0.4, 0.5) is 4.39 Å². The predicted molar refractivity (Wildman–Crippen MR) is 185 cm³/mol. The second kappa shape index (κ2) is 16.7. The standard InChI is InChI=1S/C32H41ClFN7O.C3H6/c1-4-7-28(38-15-6-14-37-21(3)36)23-10-12-25(13-11-23)41-19-24-18-29(39-31(24)40-32(41)42)26-16-22(9-5-8-20(2)35)17-27(33)30(26)34;1-2-3-1/h10-13,16-20,28,38H,4-9,14-15,35H2,1-3H3,(H2,36,37)(H,39,40,42);1-3H2. The van der Waals surface area contributed by atoms with Crippen molar-refractivity contribution in [1.82, 2.24) is 19.9 Å². The molecule has 0 bridgehead atoms. The minimum atomic E-state index is -0.512. The summed E-state index contributed by atoms with van der Waals surface area (Å²) in [5.74, 6) is 0.0893. The fourth-order valence-corrected chi connectivity index (χ4v) is 5.33. The molecule has 2 unspecified atom stereocenters. The van der Waals surface area contributed by atoms with Gasteiger partial charge in [0.2, 0.25) is 0 Å². The number of hydrogen-bond acceptors (Lipinski definition) is 5. The van der Waals surface area contributed by atoms with Crippen LogP contribution < -0.4 is 22.5 Å². The molecule has 2 atom stereocenters. The van der Waals surface area contributed by atoms with E-state index in [-0.39, 0.29) is 17.1 Å². The maximum absolute atomic E-state index is 15.1. The van der Waals surface area contributed by atoms with Gasteiger partial charge in [0.25, 0.3) is 0 Å². The molecule has 1 fully saturated rings. The molecule has 0 spiro atoms. The number of fused-ring (bicyclic) bond motifs is 1. The van der Waals surface area contributed by atoms with Crippen molar-refractivity contribution in [1.29, 1.82) is 0 Å². The molecule has 1 saturated carbocycles. The van der Waals surface area contributed by atoms with Gasteiger partial charge >= 0.3 is 5.69 Å². The zero-order valence-electron chi connectivity index (χ0n) is 26.7. The molecule has 2 aromatic heterocycles. The van der Waals surface area contributed by atoms with E-state index in [1.165, 1.54) is 23.8 Å². The third-order valence-electron chi connectivity index (χ3n) is 7.60. The van der Waals surface area contributed by atoms with E-state index >= 15 is 4.39 Å². The Morgan fingerprint density at radius 3 is 2.53 bits per heavy atom. The lowest BCUT2D eigenvalue weighted by Crippen LogP contribution is -2.23. The fraction of sp³-hybridized carbons (Fsp3) is 0.457. The number of aryl methyl sites for hydroxylation is 1. The second-order valence-corrected chi connectivity index (χ2v) is 12.4. The van der Waals surface area contributed by atoms with Crippen LogP contribution in [0.1, 0.15) is 89.3 Å². The molecular formula is C35H47ClFN7O. The number of rotatable bonds is 14. The summed E-state index contributed by atoms with van der Waals surface area (Å²) >= 11 is 6.25. The number of benzene rings is 2. The third kappa shape index (κ3) is 10.2. The summed E-state index contributed by atoms with van der Waals surface area (Å²) in [4.78, 5) is 24.6. The van der Waals surface area contributed by atoms with Gasteiger partial charge in [-0.1, -0.05) is 56.3 Å². The smallest absolute Gasteiger partial charge is 0.354 e. The fourth-order valence-electron chi connectivity index (χ4n) is 5.09. The van der Waals surface area contributed by atoms with Crippen molar-refractivity contribution in [2.75, 3.05) is 13.1 Å². The van der Waals surface area contributed by atoms with Crippen molar-refractivity contribution >= 4 is 28.5 Å². The van der Waals surface area contributed by atoms with E-state index in [4.69, 9.17) is 23.1 Å². The highest BCUT2D eigenvalue weighted by molar-refractivity contribution is 6.31. The number of aromatic nitrogens is 3. The summed E-state index contributed by atoms with van der Waals surface area (Å²) in [6.45, 7) is 7.46. The lowest BCUT2D eigenvalue weighted by Gasteiger charge is -2.19. The largest absolute Gasteiger partial charge is 0.388 e. The van der Waals surface area contributed by atoms with Crippen LogP contribution in [0.3, 0.4) is 0 Å². The summed E-state index contributed by atoms with van der Waals surface area (Å²) in [6, 6.07) is 13.5. The van der Waals surface area contributed by atoms with E-state index in [0.717, 1.165) is 56.2 Å². The van der Waals surface area contributed by atoms with Gasteiger partial charge in [0.15, 0.2) is 5.82 Å². The van der Waals surface area contributed by atoms with E-state index in [9.17, 15) is 4.79 Å². The van der Waals surface area contributed by atoms with Crippen LogP contribution in [0.2, 0.25) is 5.02 Å². The van der Waals surface area contributed by atoms with E-state index < -0.39 is 11.5 Å². The molecule has 242 valence electrons. The van der Waals surface area contributed by atoms with Gasteiger partial charge in [-0.3, -0.25) is 9.56 Å². The van der Waals surface area contributed by atoms with E-state index in [1.54, 1.807) is 31.3 Å². The summed E-state index contributed by atoms with van der Waals surface area (Å²) < 4.78 is 16.6. The van der Waals surface area contributed by atoms with Gasteiger partial charge in [-0.25, -0.2) is 9.18 Å². The van der Waals surface area contributed by atoms with E-state index in [0.29, 0.717) is 40.4 Å². The van der Waals surface area contributed by atoms with Gasteiger partial charge < -0.3 is 21.8 Å². The highest BCUT2D eigenvalue weighted by Gasteiger charge is 2.16. The first-order chi connectivity index (χ1) is 21.7. The first kappa shape index (κ1) is 34.3. The molecule has 0 radical (unpaired) electrons. The van der Waals surface area contributed by atoms with E-state index in [1.807, 2.05) is 31.2 Å². The Labute approximate surface area is 270 Å². The van der Waals surface area contributed by atoms with Crippen LogP contribution in [0.25, 0.3) is 28.0 Å². The van der Waals surface area contributed by atoms with E-state index in [2.05, 4.69) is 27.2 Å². The number of nitrogens with zero attached hydrogens (tertiary/aromatic N) is 3. The molecule has 4 aromatic rings. The average molecular weight is 636 g/mol. The van der Waals surface area contributed by atoms with Crippen LogP contribution in [0.5, 0.6) is 0 Å². The summed E-state index contributed by atoms with van der Waals surface area (Å²) in [5, 5.41) is 4.36. The van der Waals surface area contributed by atoms with Gasteiger partial charge in [-0.15, -0.1) is 0 Å². The maximum Gasteiger partial charge on any atom is 0.354 e. The Morgan fingerprint density at radius 1 is 1.16 bits per heavy atom. The number of halogens is 2. The molecule has 45 heavy (non-hydrogen) atoms. The molecule has 6 N–H and O–H groups in total. The molecular weight excluding hydrogens is 589 g/mol. The highest BCUT2D eigenvalue weighted by Crippen LogP contribution is 2.31. The van der Waals surface area contributed by atoms with Crippen molar-refractivity contribution in [3.8, 4) is 16.9 Å². The van der Waals surface area contributed by atoms with Crippen molar-refractivity contribution in [2.24, 2.45) is 16.5 Å². The molecule has 8 nitrogen and oxygen atoms in total. The van der Waals surface area contributed by atoms with Gasteiger partial charge in [0.1, 0.15) is 5.65 Å². The number of aliphatic imine (C=N–C) groups is 1. The SMILES string of the molecule is C1CC1.CCCC(NCCCN=C(C)N)c1ccc(-n2cc3cc(-c4cc(CCCC(C)N)cc(Cl)c4F)[nH]c3nc2=O)cc1. The number of amidine groups is 1. The van der Waals surface area contributed by atoms with Crippen molar-refractivity contribution in [3.63, 3.8) is 0 Å². The number of H-pyrrole nitrogens is 1. The summed E-state index contributed by atoms with van der Waals surface area (Å²) in [7, 11) is 0. The van der Waals surface area contributed by atoms with Crippen molar-refractivity contribution in [3.05, 3.63) is 81.1 Å². The normalized spacial score (nSPS) is 14.2. The van der Waals surface area contributed by atoms with Crippen LogP contribution in [-0.4, -0.2) is 39.5 Å². The van der Waals surface area contributed by atoms with Crippen LogP contribution in [-0.2, 0) is 6.42 Å². The molecule has 1 aliphatic rings. The second-order valence-electron chi connectivity index (χ2n) is 12.0. The topological polar surface area (TPSA) is 127 Å². The Bertz CT molecular complexity index is 1620. The summed E-state index contributed by atoms with van der Waals surface area (Å²) in [6.07, 6.45) is 11.7. The molecule has 0 saturated heterocycles. The monoisotopic (exact) mass is 635 g/mol. The quantitative estimate of drug-likeness (QED) is 0.0661. The number of nitrogens with two attached hydrogens (primary N) is 2. The lowest BCUT2D eigenvalue weighted by atomic mass is 10.0. The number of nitrogens with one attached hydrogen (secondary N) is 2. The molecule has 0 aliphatic heterocycles. The number of aromatic amines is 1. The third-order valence-corrected chi connectivity index (χ3v) is 7.88. The average Bonchev–Trinajstić information content (AvgIpc) is 3.84. The van der Waals surface area contributed by atoms with Crippen LogP contribution >= 0.6 is 11.6 Å². The Hall–Kier alpha value is -3.53. The first-order valence-electron chi connectivity index (χ1n) is 16.1. The van der Waals surface area contributed by atoms with Crippen LogP contribution in [0.15, 0.2) is 58.4 Å². The lowest BCUT2D eigenvalue weighted by molar-refractivity contribution is 0.490. The highest BCUT2D eigenvalue weighted by atomic mass is 35.5. The summed E-state index contributed by atoms with van der Waals surface area (Å²) in [5.41, 5.74) is 15.1. The van der Waals surface area contributed by atoms with Gasteiger partial charge in [-0.2, -0.15) is 4.98 Å². The Kier molecular flexibility index (Phi) is 12.7. The minimum Gasteiger partial charge on any atom is -0.388 e. The van der Waals surface area contributed by atoms with Crippen molar-refractivity contribution < 1.29 is 4.39 Å². The molecule has 2 aromatic carbocycles. The zero-order chi connectivity index (χ0) is 32.3. The van der Waals surface area contributed by atoms with Gasteiger partial charge in [0, 0.05) is 35.8 Å². The zero-order valence-corrected chi connectivity index (χ0v) is 27.5. The molecule has 5 rings (SSSR count). The Balaban J connectivity index is 0.00000145. The minimum absolute atomic E-state index is 0.0598. The molecule has 0 amide bonds. The predicted octanol–water partition coefficient (Wildman–Crippen LogP) is 7.21. The molecule has 2 heterocycles. The van der Waals surface area contributed by atoms with Crippen LogP contribution in [0, 0.1) is 5.82 Å².